The van der Waals surface area contributed by atoms with Gasteiger partial charge in [0.25, 0.3) is 0 Å². The van der Waals surface area contributed by atoms with Crippen molar-refractivity contribution in [1.82, 2.24) is 0 Å². The molecule has 166 valence electrons. The van der Waals surface area contributed by atoms with Crippen LogP contribution in [0.5, 0.6) is 0 Å². The molecule has 3 heteroatoms. The fourth-order valence-electron chi connectivity index (χ4n) is 4.22. The molecule has 0 saturated heterocycles. The van der Waals surface area contributed by atoms with E-state index in [9.17, 15) is 4.79 Å². The van der Waals surface area contributed by atoms with E-state index in [1.54, 1.807) is 0 Å². The third-order valence-electron chi connectivity index (χ3n) is 5.85. The zero-order valence-electron chi connectivity index (χ0n) is 19.4. The molecule has 1 nitrogen and oxygen atoms in total. The normalized spacial score (nSPS) is 10.8. The highest BCUT2D eigenvalue weighted by molar-refractivity contribution is 7.96. The molecule has 0 radical (unpaired) electrons. The fourth-order valence-corrected chi connectivity index (χ4v) is 4.92. The maximum absolute atomic E-state index is 11.5. The predicted molar refractivity (Wildman–Crippen MR) is 149 cm³/mol. The number of carbonyl (C=O) groups excluding carboxylic acids is 1. The minimum atomic E-state index is -1.13. The molecule has 0 heterocycles. The number of rotatable bonds is 7. The third kappa shape index (κ3) is 6.15. The molecule has 0 unspecified atom stereocenters. The molecule has 0 bridgehead atoms. The molecule has 0 fully saturated rings. The molecular formula is C30H31BOS. The molecule has 0 aliphatic heterocycles. The van der Waals surface area contributed by atoms with E-state index in [-0.39, 0.29) is 16.7 Å². The van der Waals surface area contributed by atoms with E-state index in [1.165, 1.54) is 16.4 Å². The van der Waals surface area contributed by atoms with Gasteiger partial charge in [0.1, 0.15) is 0 Å². The van der Waals surface area contributed by atoms with Crippen LogP contribution in [0.3, 0.4) is 0 Å². The highest BCUT2D eigenvalue weighted by atomic mass is 32.2. The maximum atomic E-state index is 11.5. The molecule has 0 aromatic heterocycles. The summed E-state index contributed by atoms with van der Waals surface area (Å²) in [7, 11) is 0.204. The van der Waals surface area contributed by atoms with Gasteiger partial charge in [-0.3, -0.25) is 4.79 Å². The van der Waals surface area contributed by atoms with E-state index >= 15 is 0 Å². The first kappa shape index (κ1) is 24.3. The quantitative estimate of drug-likeness (QED) is 0.228. The highest BCUT2D eigenvalue weighted by Gasteiger charge is 2.25. The molecule has 4 aromatic rings. The molecule has 0 aliphatic carbocycles. The van der Waals surface area contributed by atoms with Crippen molar-refractivity contribution in [3.63, 3.8) is 0 Å². The molecule has 0 N–H and O–H groups in total. The van der Waals surface area contributed by atoms with Crippen LogP contribution in [0.15, 0.2) is 134 Å². The van der Waals surface area contributed by atoms with E-state index < -0.39 is 6.15 Å². The molecule has 0 spiro atoms. The van der Waals surface area contributed by atoms with E-state index in [2.05, 4.69) is 116 Å². The van der Waals surface area contributed by atoms with E-state index in [4.69, 9.17) is 0 Å². The molecule has 0 saturated carbocycles. The zero-order valence-corrected chi connectivity index (χ0v) is 20.2. The van der Waals surface area contributed by atoms with Crippen LogP contribution < -0.4 is 16.4 Å². The van der Waals surface area contributed by atoms with Gasteiger partial charge in [-0.25, -0.2) is 5.98 Å². The summed E-state index contributed by atoms with van der Waals surface area (Å²) in [6, 6.07) is 41.4. The Morgan fingerprint density at radius 1 is 0.667 bits per heavy atom. The Bertz CT molecular complexity index is 1030. The Balaban J connectivity index is 0.000000218. The van der Waals surface area contributed by atoms with Crippen molar-refractivity contribution in [2.24, 2.45) is 0 Å². The topological polar surface area (TPSA) is 17.1 Å². The van der Waals surface area contributed by atoms with Crippen molar-refractivity contribution in [1.29, 1.82) is 0 Å². The molecule has 33 heavy (non-hydrogen) atoms. The summed E-state index contributed by atoms with van der Waals surface area (Å²) in [6.07, 6.45) is 3.03. The lowest BCUT2D eigenvalue weighted by atomic mass is 9.16. The molecule has 0 atom stereocenters. The van der Waals surface area contributed by atoms with Gasteiger partial charge in [-0.15, -0.1) is 6.58 Å². The van der Waals surface area contributed by atoms with Crippen molar-refractivity contribution in [2.45, 2.75) is 0 Å². The minimum Gasteiger partial charge on any atom is -0.289 e. The first-order valence-corrected chi connectivity index (χ1v) is 13.4. The molecule has 0 aliphatic rings. The average Bonchev–Trinajstić information content (AvgIpc) is 2.87. The van der Waals surface area contributed by atoms with Crippen LogP contribution in [-0.2, 0) is 10.9 Å². The number of hydrogen-bond donors (Lipinski definition) is 0. The Kier molecular flexibility index (Phi) is 8.91. The Labute approximate surface area is 201 Å². The SMILES string of the molecule is C=C[B-](c1ccccc1)(c1ccccc1)c1ccccc1.C[S+](C)CC(=O)c1ccccc1. The minimum absolute atomic E-state index is 0.204. The number of Topliss-reactive ketones (excluding diaryl/α,β-unsaturated/α-hetero) is 1. The van der Waals surface area contributed by atoms with Gasteiger partial charge in [0.05, 0.1) is 18.7 Å². The van der Waals surface area contributed by atoms with Crippen LogP contribution in [0.1, 0.15) is 10.4 Å². The average molecular weight is 450 g/mol. The van der Waals surface area contributed by atoms with Gasteiger partial charge >= 0.3 is 0 Å². The monoisotopic (exact) mass is 450 g/mol. The van der Waals surface area contributed by atoms with Gasteiger partial charge in [-0.05, 0) is 10.9 Å². The fraction of sp³-hybridized carbons (Fsp3) is 0.100. The first-order chi connectivity index (χ1) is 16.1. The summed E-state index contributed by atoms with van der Waals surface area (Å²) in [5.74, 6) is 3.04. The van der Waals surface area contributed by atoms with Crippen LogP contribution in [0, 0.1) is 0 Å². The lowest BCUT2D eigenvalue weighted by Gasteiger charge is -2.40. The van der Waals surface area contributed by atoms with E-state index in [0.29, 0.717) is 5.75 Å². The third-order valence-corrected chi connectivity index (χ3v) is 6.68. The maximum Gasteiger partial charge on any atom is 0.211 e. The van der Waals surface area contributed by atoms with Crippen LogP contribution in [0.2, 0.25) is 0 Å². The van der Waals surface area contributed by atoms with Crippen molar-refractivity contribution in [2.75, 3.05) is 18.3 Å². The lowest BCUT2D eigenvalue weighted by Crippen LogP contribution is -2.65. The Morgan fingerprint density at radius 3 is 1.30 bits per heavy atom. The lowest BCUT2D eigenvalue weighted by molar-refractivity contribution is 0.102. The molecule has 4 aromatic carbocycles. The van der Waals surface area contributed by atoms with Gasteiger partial charge in [-0.1, -0.05) is 121 Å². The highest BCUT2D eigenvalue weighted by Crippen LogP contribution is 2.08. The van der Waals surface area contributed by atoms with Crippen LogP contribution in [0.25, 0.3) is 0 Å². The summed E-state index contributed by atoms with van der Waals surface area (Å²) in [6.45, 7) is 4.19. The summed E-state index contributed by atoms with van der Waals surface area (Å²) >= 11 is 0. The summed E-state index contributed by atoms with van der Waals surface area (Å²) in [5, 5.41) is 0. The largest absolute Gasteiger partial charge is 0.289 e. The number of ketones is 1. The molecular weight excluding hydrogens is 419 g/mol. The second-order valence-corrected chi connectivity index (χ2v) is 10.6. The second-order valence-electron chi connectivity index (χ2n) is 8.32. The Hall–Kier alpha value is -3.30. The van der Waals surface area contributed by atoms with Crippen LogP contribution in [-0.4, -0.2) is 30.2 Å². The number of hydrogen-bond acceptors (Lipinski definition) is 1. The van der Waals surface area contributed by atoms with Gasteiger partial charge < -0.3 is 0 Å². The van der Waals surface area contributed by atoms with Crippen LogP contribution in [0.4, 0.5) is 0 Å². The molecule has 4 rings (SSSR count). The van der Waals surface area contributed by atoms with Crippen molar-refractivity contribution < 1.29 is 4.79 Å². The van der Waals surface area contributed by atoms with Crippen molar-refractivity contribution >= 4 is 39.2 Å². The number of benzene rings is 4. The zero-order chi connectivity index (χ0) is 23.5. The van der Waals surface area contributed by atoms with Crippen LogP contribution >= 0.6 is 0 Å². The van der Waals surface area contributed by atoms with E-state index in [0.717, 1.165) is 5.56 Å². The number of carbonyl (C=O) groups is 1. The van der Waals surface area contributed by atoms with Crippen molar-refractivity contribution in [3.05, 3.63) is 139 Å². The first-order valence-electron chi connectivity index (χ1n) is 11.2. The van der Waals surface area contributed by atoms with Gasteiger partial charge in [-0.2, -0.15) is 16.4 Å². The molecule has 0 amide bonds. The standard InChI is InChI=1S/C20H18B.C10H13OS/c1-2-21(18-12-6-3-7-13-18,19-14-8-4-9-15-19)20-16-10-5-11-17-20;1-12(2)8-10(11)9-6-4-3-5-7-9/h2-17H,1H2;3-7H,8H2,1-2H3/q-1;+1. The Morgan fingerprint density at radius 2 is 1.00 bits per heavy atom. The van der Waals surface area contributed by atoms with Gasteiger partial charge in [0, 0.05) is 5.56 Å². The summed E-state index contributed by atoms with van der Waals surface area (Å²) < 4.78 is 0. The predicted octanol–water partition coefficient (Wildman–Crippen LogP) is 4.63. The second kappa shape index (κ2) is 12.1. The summed E-state index contributed by atoms with van der Waals surface area (Å²) in [5.41, 5.74) is 4.72. The van der Waals surface area contributed by atoms with Gasteiger partial charge in [0.2, 0.25) is 5.78 Å². The van der Waals surface area contributed by atoms with E-state index in [1.807, 2.05) is 30.3 Å². The van der Waals surface area contributed by atoms with Crippen molar-refractivity contribution in [3.8, 4) is 0 Å². The summed E-state index contributed by atoms with van der Waals surface area (Å²) in [4.78, 5) is 11.5. The smallest absolute Gasteiger partial charge is 0.211 e. The van der Waals surface area contributed by atoms with Gasteiger partial charge in [0.15, 0.2) is 5.75 Å².